The van der Waals surface area contributed by atoms with Crippen LogP contribution in [0.2, 0.25) is 0 Å². The fourth-order valence-corrected chi connectivity index (χ4v) is 7.61. The Morgan fingerprint density at radius 1 is 0.645 bits per heavy atom. The van der Waals surface area contributed by atoms with E-state index in [9.17, 15) is 0 Å². The average Bonchev–Trinajstić information content (AvgIpc) is 3.53. The Kier molecular flexibility index (Phi) is 2.91. The maximum atomic E-state index is 4.62. The van der Waals surface area contributed by atoms with Crippen LogP contribution < -0.4 is 0 Å². The van der Waals surface area contributed by atoms with Gasteiger partial charge in [-0.2, -0.15) is 0 Å². The molecule has 0 aliphatic rings. The molecule has 0 bridgehead atoms. The van der Waals surface area contributed by atoms with E-state index < -0.39 is 0 Å². The third-order valence-corrected chi connectivity index (χ3v) is 8.88. The van der Waals surface area contributed by atoms with Crippen molar-refractivity contribution in [3.63, 3.8) is 0 Å². The first kappa shape index (κ1) is 16.2. The molecule has 3 aromatic carbocycles. The van der Waals surface area contributed by atoms with E-state index in [1.54, 1.807) is 0 Å². The monoisotopic (exact) mass is 431 g/mol. The van der Waals surface area contributed by atoms with Gasteiger partial charge < -0.3 is 0 Å². The molecule has 0 saturated carbocycles. The molecule has 3 nitrogen and oxygen atoms in total. The van der Waals surface area contributed by atoms with Gasteiger partial charge in [0.2, 0.25) is 0 Å². The van der Waals surface area contributed by atoms with Gasteiger partial charge in [0, 0.05) is 66.5 Å². The van der Waals surface area contributed by atoms with Gasteiger partial charge in [-0.15, -0.1) is 22.7 Å². The van der Waals surface area contributed by atoms with Crippen molar-refractivity contribution in [3.8, 4) is 0 Å². The molecule has 0 N–H and O–H groups in total. The summed E-state index contributed by atoms with van der Waals surface area (Å²) < 4.78 is 7.64. The lowest BCUT2D eigenvalue weighted by Gasteiger charge is -2.09. The number of pyridine rings is 2. The maximum Gasteiger partial charge on any atom is 0.146 e. The van der Waals surface area contributed by atoms with Crippen LogP contribution in [-0.4, -0.2) is 14.4 Å². The lowest BCUT2D eigenvalue weighted by atomic mass is 10.0. The Hall–Kier alpha value is -3.54. The highest BCUT2D eigenvalue weighted by molar-refractivity contribution is 7.33. The van der Waals surface area contributed by atoms with Gasteiger partial charge in [0.05, 0.1) is 14.9 Å². The molecule has 5 aromatic heterocycles. The number of aromatic nitrogens is 3. The van der Waals surface area contributed by atoms with Crippen LogP contribution in [0.4, 0.5) is 0 Å². The van der Waals surface area contributed by atoms with E-state index in [0.717, 1.165) is 11.0 Å². The van der Waals surface area contributed by atoms with E-state index in [1.807, 2.05) is 41.3 Å². The van der Waals surface area contributed by atoms with E-state index in [4.69, 9.17) is 0 Å². The number of nitrogens with zero attached hydrogens (tertiary/aromatic N) is 3. The van der Waals surface area contributed by atoms with Crippen LogP contribution in [-0.2, 0) is 0 Å². The summed E-state index contributed by atoms with van der Waals surface area (Å²) in [5, 5.41) is 8.97. The molecular formula is C26H13N3S2. The van der Waals surface area contributed by atoms with Crippen LogP contribution in [0, 0.1) is 0 Å². The van der Waals surface area contributed by atoms with Crippen molar-refractivity contribution in [2.45, 2.75) is 0 Å². The molecule has 0 aliphatic heterocycles. The molecule has 0 fully saturated rings. The summed E-state index contributed by atoms with van der Waals surface area (Å²) in [5.74, 6) is 0. The van der Waals surface area contributed by atoms with Crippen LogP contribution in [0.15, 0.2) is 79.4 Å². The molecule has 144 valence electrons. The predicted octanol–water partition coefficient (Wildman–Crippen LogP) is 7.77. The average molecular weight is 432 g/mol. The highest BCUT2D eigenvalue weighted by Gasteiger charge is 2.18. The van der Waals surface area contributed by atoms with E-state index >= 15 is 0 Å². The third-order valence-electron chi connectivity index (χ3n) is 6.36. The van der Waals surface area contributed by atoms with Crippen molar-refractivity contribution in [2.75, 3.05) is 0 Å². The highest BCUT2D eigenvalue weighted by atomic mass is 32.1. The van der Waals surface area contributed by atoms with Gasteiger partial charge in [0.15, 0.2) is 0 Å². The number of thiophene rings is 2. The molecule has 0 spiro atoms. The zero-order valence-electron chi connectivity index (χ0n) is 16.2. The Labute approximate surface area is 183 Å². The van der Waals surface area contributed by atoms with Crippen LogP contribution in [0.5, 0.6) is 0 Å². The lowest BCUT2D eigenvalue weighted by molar-refractivity contribution is 1.27. The van der Waals surface area contributed by atoms with Crippen molar-refractivity contribution < 1.29 is 0 Å². The first-order valence-corrected chi connectivity index (χ1v) is 11.8. The number of rotatable bonds is 0. The van der Waals surface area contributed by atoms with Crippen LogP contribution >= 0.6 is 22.7 Å². The number of hydrogen-bond acceptors (Lipinski definition) is 4. The minimum atomic E-state index is 0.960. The van der Waals surface area contributed by atoms with Crippen LogP contribution in [0.25, 0.3) is 67.7 Å². The summed E-state index contributed by atoms with van der Waals surface area (Å²) in [6, 6.07) is 20.0. The topological polar surface area (TPSA) is 30.2 Å². The van der Waals surface area contributed by atoms with Crippen molar-refractivity contribution in [1.82, 2.24) is 14.4 Å². The van der Waals surface area contributed by atoms with E-state index in [-0.39, 0.29) is 0 Å². The molecule has 0 amide bonds. The Morgan fingerprint density at radius 2 is 1.52 bits per heavy atom. The summed E-state index contributed by atoms with van der Waals surface area (Å²) in [5.41, 5.74) is 2.15. The second-order valence-corrected chi connectivity index (χ2v) is 10.00. The Bertz CT molecular complexity index is 2010. The maximum absolute atomic E-state index is 4.62. The van der Waals surface area contributed by atoms with Crippen molar-refractivity contribution in [2.24, 2.45) is 0 Å². The third kappa shape index (κ3) is 1.93. The summed E-state index contributed by atoms with van der Waals surface area (Å²) in [6.45, 7) is 0. The first-order valence-electron chi connectivity index (χ1n) is 10.2. The number of imidazole rings is 1. The van der Waals surface area contributed by atoms with Gasteiger partial charge >= 0.3 is 0 Å². The fourth-order valence-electron chi connectivity index (χ4n) is 5.06. The quantitative estimate of drug-likeness (QED) is 0.230. The minimum Gasteiger partial charge on any atom is -0.299 e. The zero-order valence-corrected chi connectivity index (χ0v) is 17.8. The second-order valence-electron chi connectivity index (χ2n) is 7.89. The van der Waals surface area contributed by atoms with Gasteiger partial charge in [0.1, 0.15) is 5.65 Å². The van der Waals surface area contributed by atoms with Gasteiger partial charge in [-0.3, -0.25) is 9.38 Å². The van der Waals surface area contributed by atoms with Crippen molar-refractivity contribution in [3.05, 3.63) is 79.4 Å². The first-order chi connectivity index (χ1) is 15.4. The number of hydrogen-bond donors (Lipinski definition) is 0. The summed E-state index contributed by atoms with van der Waals surface area (Å²) in [7, 11) is 0. The molecule has 0 unspecified atom stereocenters. The summed E-state index contributed by atoms with van der Waals surface area (Å²) >= 11 is 3.81. The molecule has 0 saturated heterocycles. The SMILES string of the molecule is c1ccc2c(c1)sc1c2ccc2c1sc1ccc3c(c4ccncc4c4nccn34)c12. The van der Waals surface area contributed by atoms with Gasteiger partial charge in [-0.25, -0.2) is 4.98 Å². The normalized spacial score (nSPS) is 12.5. The zero-order chi connectivity index (χ0) is 20.1. The molecule has 5 heteroatoms. The smallest absolute Gasteiger partial charge is 0.146 e. The van der Waals surface area contributed by atoms with Gasteiger partial charge in [-0.1, -0.05) is 30.3 Å². The van der Waals surface area contributed by atoms with Crippen LogP contribution in [0.1, 0.15) is 0 Å². The van der Waals surface area contributed by atoms with Crippen molar-refractivity contribution in [1.29, 1.82) is 0 Å². The van der Waals surface area contributed by atoms with Gasteiger partial charge in [0.25, 0.3) is 0 Å². The molecular weight excluding hydrogens is 418 g/mol. The Morgan fingerprint density at radius 3 is 2.52 bits per heavy atom. The number of benzene rings is 3. The van der Waals surface area contributed by atoms with Gasteiger partial charge in [-0.05, 0) is 29.7 Å². The van der Waals surface area contributed by atoms with E-state index in [0.29, 0.717) is 0 Å². The lowest BCUT2D eigenvalue weighted by Crippen LogP contribution is -1.91. The van der Waals surface area contributed by atoms with Crippen LogP contribution in [0.3, 0.4) is 0 Å². The fraction of sp³-hybridized carbons (Fsp3) is 0. The molecule has 5 heterocycles. The second kappa shape index (κ2) is 5.58. The molecule has 0 aliphatic carbocycles. The molecule has 0 radical (unpaired) electrons. The number of fused-ring (bicyclic) bond motifs is 14. The predicted molar refractivity (Wildman–Crippen MR) is 134 cm³/mol. The Balaban J connectivity index is 1.68. The van der Waals surface area contributed by atoms with E-state index in [2.05, 4.69) is 75.2 Å². The molecule has 0 atom stereocenters. The molecule has 31 heavy (non-hydrogen) atoms. The minimum absolute atomic E-state index is 0.960. The highest BCUT2D eigenvalue weighted by Crippen LogP contribution is 2.47. The van der Waals surface area contributed by atoms with E-state index in [1.165, 1.54) is 56.6 Å². The summed E-state index contributed by atoms with van der Waals surface area (Å²) in [6.07, 6.45) is 7.75. The summed E-state index contributed by atoms with van der Waals surface area (Å²) in [4.78, 5) is 9.02. The van der Waals surface area contributed by atoms with Crippen molar-refractivity contribution >= 4 is 90.3 Å². The molecule has 8 rings (SSSR count). The standard InChI is InChI=1S/C26H13N3S2/c1-2-4-20-14(3-1)16-5-6-17-23-21(31-25(17)24(16)30-20)8-7-19-22(23)15-9-10-27-13-18(15)26-28-11-12-29(19)26/h1-13H. The largest absolute Gasteiger partial charge is 0.299 e. The molecule has 8 aromatic rings.